The topological polar surface area (TPSA) is 37.6 Å². The Balaban J connectivity index is 1.45. The predicted molar refractivity (Wildman–Crippen MR) is 106 cm³/mol. The van der Waals surface area contributed by atoms with Crippen molar-refractivity contribution in [1.29, 1.82) is 0 Å². The molecule has 26 heavy (non-hydrogen) atoms. The summed E-state index contributed by atoms with van der Waals surface area (Å²) in [4.78, 5) is 20.4. The molecule has 4 rings (SSSR count). The molecule has 3 atom stereocenters. The molecule has 2 aliphatic rings. The molecule has 2 fully saturated rings. The number of amides is 1. The van der Waals surface area contributed by atoms with E-state index in [1.807, 2.05) is 30.3 Å². The first-order valence-corrected chi connectivity index (χ1v) is 10.7. The first-order chi connectivity index (χ1) is 12.7. The van der Waals surface area contributed by atoms with E-state index in [-0.39, 0.29) is 5.91 Å². The molecule has 1 N–H and O–H groups in total. The summed E-state index contributed by atoms with van der Waals surface area (Å²) in [6.07, 6.45) is 7.10. The van der Waals surface area contributed by atoms with Crippen LogP contribution in [-0.2, 0) is 11.3 Å². The second-order valence-electron chi connectivity index (χ2n) is 7.79. The number of rotatable bonds is 4. The molecular weight excluding hydrogens is 342 g/mol. The Kier molecular flexibility index (Phi) is 5.36. The van der Waals surface area contributed by atoms with Gasteiger partial charge < -0.3 is 4.90 Å². The number of anilines is 2. The van der Waals surface area contributed by atoms with Gasteiger partial charge in [-0.1, -0.05) is 31.0 Å². The van der Waals surface area contributed by atoms with Crippen LogP contribution in [0.25, 0.3) is 0 Å². The van der Waals surface area contributed by atoms with Crippen LogP contribution in [0.3, 0.4) is 0 Å². The number of quaternary nitrogens is 1. The van der Waals surface area contributed by atoms with Gasteiger partial charge in [-0.05, 0) is 37.3 Å². The van der Waals surface area contributed by atoms with Crippen LogP contribution in [0.4, 0.5) is 10.8 Å². The number of piperidine rings is 1. The molecular formula is C21H28N3OS+. The maximum Gasteiger partial charge on any atom is 0.230 e. The summed E-state index contributed by atoms with van der Waals surface area (Å²) in [5.74, 6) is 1.90. The lowest BCUT2D eigenvalue weighted by molar-refractivity contribution is -0.924. The van der Waals surface area contributed by atoms with Crippen molar-refractivity contribution in [2.45, 2.75) is 45.6 Å². The fraction of sp³-hybridized carbons (Fsp3) is 0.524. The lowest BCUT2D eigenvalue weighted by atomic mass is 9.75. The van der Waals surface area contributed by atoms with E-state index >= 15 is 0 Å². The number of carbonyl (C=O) groups excluding carboxylic acids is 1. The third kappa shape index (κ3) is 3.84. The van der Waals surface area contributed by atoms with Crippen LogP contribution in [0.15, 0.2) is 35.7 Å². The van der Waals surface area contributed by atoms with Gasteiger partial charge in [0.1, 0.15) is 12.2 Å². The summed E-state index contributed by atoms with van der Waals surface area (Å²) in [6, 6.07) is 9.80. The van der Waals surface area contributed by atoms with Crippen LogP contribution in [0.2, 0.25) is 0 Å². The second kappa shape index (κ2) is 7.89. The lowest BCUT2D eigenvalue weighted by Gasteiger charge is -2.38. The van der Waals surface area contributed by atoms with Crippen LogP contribution in [0.1, 0.15) is 44.7 Å². The van der Waals surface area contributed by atoms with Crippen LogP contribution >= 0.6 is 11.3 Å². The normalized spacial score (nSPS) is 25.5. The SMILES string of the molecule is CC(=O)N(c1ccccc1)c1nc(C[NH+]2CC[C@H]3CCCC[C@@H]3C2)cs1. The Morgan fingerprint density at radius 3 is 2.73 bits per heavy atom. The largest absolute Gasteiger partial charge is 0.330 e. The van der Waals surface area contributed by atoms with Gasteiger partial charge in [-0.25, -0.2) is 4.98 Å². The van der Waals surface area contributed by atoms with E-state index < -0.39 is 0 Å². The molecule has 1 aromatic carbocycles. The highest BCUT2D eigenvalue weighted by molar-refractivity contribution is 7.14. The number of hydrogen-bond acceptors (Lipinski definition) is 3. The highest BCUT2D eigenvalue weighted by Gasteiger charge is 2.33. The number of thiazole rings is 1. The highest BCUT2D eigenvalue weighted by Crippen LogP contribution is 2.33. The fourth-order valence-electron chi connectivity index (χ4n) is 4.70. The van der Waals surface area contributed by atoms with Gasteiger partial charge in [-0.3, -0.25) is 9.69 Å². The van der Waals surface area contributed by atoms with Gasteiger partial charge in [-0.15, -0.1) is 11.3 Å². The van der Waals surface area contributed by atoms with Gasteiger partial charge in [0.05, 0.1) is 18.8 Å². The number of likely N-dealkylation sites (tertiary alicyclic amines) is 1. The van der Waals surface area contributed by atoms with E-state index in [0.29, 0.717) is 0 Å². The van der Waals surface area contributed by atoms with E-state index in [1.54, 1.807) is 28.1 Å². The first kappa shape index (κ1) is 17.7. The van der Waals surface area contributed by atoms with Crippen molar-refractivity contribution >= 4 is 28.1 Å². The van der Waals surface area contributed by atoms with E-state index in [1.165, 1.54) is 45.2 Å². The number of aromatic nitrogens is 1. The van der Waals surface area contributed by atoms with Crippen LogP contribution in [-0.4, -0.2) is 24.0 Å². The van der Waals surface area contributed by atoms with E-state index in [2.05, 4.69) is 5.38 Å². The lowest BCUT2D eigenvalue weighted by Crippen LogP contribution is -3.12. The highest BCUT2D eigenvalue weighted by atomic mass is 32.1. The van der Waals surface area contributed by atoms with Crippen LogP contribution in [0, 0.1) is 11.8 Å². The Bertz CT molecular complexity index is 745. The first-order valence-electron chi connectivity index (χ1n) is 9.84. The molecule has 1 aromatic heterocycles. The molecule has 0 bridgehead atoms. The van der Waals surface area contributed by atoms with Crippen molar-refractivity contribution in [3.8, 4) is 0 Å². The molecule has 138 valence electrons. The molecule has 1 aliphatic carbocycles. The molecule has 0 spiro atoms. The summed E-state index contributed by atoms with van der Waals surface area (Å²) < 4.78 is 0. The molecule has 1 unspecified atom stereocenters. The monoisotopic (exact) mass is 370 g/mol. The number of para-hydroxylation sites is 1. The van der Waals surface area contributed by atoms with Crippen molar-refractivity contribution < 1.29 is 9.69 Å². The average molecular weight is 371 g/mol. The Morgan fingerprint density at radius 1 is 1.19 bits per heavy atom. The molecule has 1 amide bonds. The number of hydrogen-bond donors (Lipinski definition) is 1. The molecule has 4 nitrogen and oxygen atoms in total. The van der Waals surface area contributed by atoms with Gasteiger partial charge in [0.2, 0.25) is 5.91 Å². The number of fused-ring (bicyclic) bond motifs is 1. The molecule has 0 radical (unpaired) electrons. The Morgan fingerprint density at radius 2 is 1.96 bits per heavy atom. The Labute approximate surface area is 159 Å². The smallest absolute Gasteiger partial charge is 0.230 e. The minimum atomic E-state index is 0.00691. The summed E-state index contributed by atoms with van der Waals surface area (Å²) in [6.45, 7) is 5.16. The van der Waals surface area contributed by atoms with Gasteiger partial charge in [0.25, 0.3) is 0 Å². The van der Waals surface area contributed by atoms with Gasteiger partial charge in [0, 0.05) is 18.2 Å². The summed E-state index contributed by atoms with van der Waals surface area (Å²) >= 11 is 1.57. The number of nitrogens with one attached hydrogen (secondary N) is 1. The zero-order chi connectivity index (χ0) is 17.9. The minimum Gasteiger partial charge on any atom is -0.330 e. The van der Waals surface area contributed by atoms with Crippen molar-refractivity contribution in [2.75, 3.05) is 18.0 Å². The molecule has 5 heteroatoms. The van der Waals surface area contributed by atoms with Crippen LogP contribution in [0.5, 0.6) is 0 Å². The fourth-order valence-corrected chi connectivity index (χ4v) is 5.58. The zero-order valence-electron chi connectivity index (χ0n) is 15.5. The maximum atomic E-state index is 12.2. The van der Waals surface area contributed by atoms with Gasteiger partial charge >= 0.3 is 0 Å². The molecule has 2 aromatic rings. The standard InChI is InChI=1S/C21H27N3OS/c1-16(25)24(20-9-3-2-4-10-20)21-22-19(15-26-21)14-23-12-11-17-7-5-6-8-18(17)13-23/h2-4,9-10,15,17-18H,5-8,11-14H2,1H3/p+1/t17-,18-/m1/s1. The van der Waals surface area contributed by atoms with Gasteiger partial charge in [-0.2, -0.15) is 0 Å². The quantitative estimate of drug-likeness (QED) is 0.895. The minimum absolute atomic E-state index is 0.00691. The molecule has 1 saturated heterocycles. The summed E-state index contributed by atoms with van der Waals surface area (Å²) in [5, 5.41) is 2.92. The predicted octanol–water partition coefficient (Wildman–Crippen LogP) is 3.42. The average Bonchev–Trinajstić information content (AvgIpc) is 3.10. The molecule has 1 saturated carbocycles. The van der Waals surface area contributed by atoms with Gasteiger partial charge in [0.15, 0.2) is 5.13 Å². The van der Waals surface area contributed by atoms with Crippen LogP contribution < -0.4 is 9.80 Å². The van der Waals surface area contributed by atoms with Crippen molar-refractivity contribution in [3.05, 3.63) is 41.4 Å². The third-order valence-electron chi connectivity index (χ3n) is 5.98. The van der Waals surface area contributed by atoms with E-state index in [4.69, 9.17) is 4.98 Å². The van der Waals surface area contributed by atoms with Crippen molar-refractivity contribution in [2.24, 2.45) is 11.8 Å². The summed E-state index contributed by atoms with van der Waals surface area (Å²) in [5.41, 5.74) is 2.01. The molecule has 2 heterocycles. The van der Waals surface area contributed by atoms with Crippen molar-refractivity contribution in [3.63, 3.8) is 0 Å². The number of benzene rings is 1. The zero-order valence-corrected chi connectivity index (χ0v) is 16.3. The number of carbonyl (C=O) groups is 1. The second-order valence-corrected chi connectivity index (χ2v) is 8.62. The van der Waals surface area contributed by atoms with E-state index in [0.717, 1.165) is 34.9 Å². The third-order valence-corrected chi connectivity index (χ3v) is 6.85. The maximum absolute atomic E-state index is 12.2. The van der Waals surface area contributed by atoms with Crippen molar-refractivity contribution in [1.82, 2.24) is 4.98 Å². The molecule has 1 aliphatic heterocycles. The van der Waals surface area contributed by atoms with E-state index in [9.17, 15) is 4.79 Å². The summed E-state index contributed by atoms with van der Waals surface area (Å²) in [7, 11) is 0. The number of nitrogens with zero attached hydrogens (tertiary/aromatic N) is 2. The Hall–Kier alpha value is -1.72.